The van der Waals surface area contributed by atoms with Gasteiger partial charge in [0.15, 0.2) is 0 Å². The molecule has 0 radical (unpaired) electrons. The number of ether oxygens (including phenoxy) is 1. The summed E-state index contributed by atoms with van der Waals surface area (Å²) in [7, 11) is 1.51. The first-order valence-corrected chi connectivity index (χ1v) is 5.25. The molecule has 0 heterocycles. The second-order valence-electron chi connectivity index (χ2n) is 4.83. The zero-order chi connectivity index (χ0) is 9.47. The van der Waals surface area contributed by atoms with Crippen molar-refractivity contribution in [2.75, 3.05) is 7.11 Å². The van der Waals surface area contributed by atoms with Crippen molar-refractivity contribution < 1.29 is 9.53 Å². The number of carbonyl (C=O) groups is 1. The maximum atomic E-state index is 11.7. The summed E-state index contributed by atoms with van der Waals surface area (Å²) in [6.45, 7) is 2.09. The molecule has 0 spiro atoms. The molecule has 0 aliphatic heterocycles. The Morgan fingerprint density at radius 3 is 2.31 bits per heavy atom. The monoisotopic (exact) mass is 182 g/mol. The highest BCUT2D eigenvalue weighted by atomic mass is 16.5. The Balaban J connectivity index is 2.18. The molecule has 0 aromatic heterocycles. The third kappa shape index (κ3) is 1.27. The van der Waals surface area contributed by atoms with Gasteiger partial charge >= 0.3 is 5.97 Å². The lowest BCUT2D eigenvalue weighted by Gasteiger charge is -2.47. The summed E-state index contributed by atoms with van der Waals surface area (Å²) < 4.78 is 4.91. The van der Waals surface area contributed by atoms with Crippen LogP contribution in [0.15, 0.2) is 0 Å². The Kier molecular flexibility index (Phi) is 2.09. The van der Waals surface area contributed by atoms with Gasteiger partial charge in [0.1, 0.15) is 0 Å². The normalized spacial score (nSPS) is 43.2. The Morgan fingerprint density at radius 1 is 1.31 bits per heavy atom. The third-order valence-corrected chi connectivity index (χ3v) is 4.11. The van der Waals surface area contributed by atoms with Crippen LogP contribution in [0.2, 0.25) is 0 Å². The maximum Gasteiger partial charge on any atom is 0.311 e. The third-order valence-electron chi connectivity index (χ3n) is 4.11. The van der Waals surface area contributed by atoms with E-state index in [0.717, 1.165) is 12.3 Å². The number of methoxy groups -OCH3 is 1. The molecule has 0 aromatic carbocycles. The summed E-state index contributed by atoms with van der Waals surface area (Å²) in [5.41, 5.74) is -0.157. The van der Waals surface area contributed by atoms with E-state index in [-0.39, 0.29) is 11.4 Å². The molecule has 0 saturated heterocycles. The molecule has 2 nitrogen and oxygen atoms in total. The standard InChI is InChI=1S/C11H18O2/c1-11(10(12)13-2)7-8-3-5-9(11)6-4-8/h8-9H,3-7H2,1-2H3/t8?,9?,11-/m0/s1. The maximum absolute atomic E-state index is 11.7. The number of rotatable bonds is 1. The number of hydrogen-bond acceptors (Lipinski definition) is 2. The van der Waals surface area contributed by atoms with Crippen LogP contribution in [0, 0.1) is 17.3 Å². The van der Waals surface area contributed by atoms with Gasteiger partial charge in [-0.1, -0.05) is 12.8 Å². The average Bonchev–Trinajstić information content (AvgIpc) is 2.18. The molecule has 74 valence electrons. The second-order valence-corrected chi connectivity index (χ2v) is 4.83. The molecular weight excluding hydrogens is 164 g/mol. The van der Waals surface area contributed by atoms with Gasteiger partial charge in [0, 0.05) is 0 Å². The molecule has 3 saturated carbocycles. The lowest BCUT2D eigenvalue weighted by molar-refractivity contribution is -0.162. The van der Waals surface area contributed by atoms with Crippen molar-refractivity contribution in [3.8, 4) is 0 Å². The minimum Gasteiger partial charge on any atom is -0.469 e. The summed E-state index contributed by atoms with van der Waals surface area (Å²) in [5, 5.41) is 0. The Bertz CT molecular complexity index is 216. The van der Waals surface area contributed by atoms with Gasteiger partial charge in [0.2, 0.25) is 0 Å². The fourth-order valence-corrected chi connectivity index (χ4v) is 3.25. The molecule has 3 fully saturated rings. The molecule has 3 aliphatic rings. The summed E-state index contributed by atoms with van der Waals surface area (Å²) in [5.74, 6) is 1.39. The molecule has 3 aliphatic carbocycles. The van der Waals surface area contributed by atoms with Crippen molar-refractivity contribution in [3.05, 3.63) is 0 Å². The topological polar surface area (TPSA) is 26.3 Å². The molecule has 0 aromatic rings. The van der Waals surface area contributed by atoms with Crippen molar-refractivity contribution >= 4 is 5.97 Å². The average molecular weight is 182 g/mol. The lowest BCUT2D eigenvalue weighted by atomic mass is 9.57. The molecule has 3 rings (SSSR count). The van der Waals surface area contributed by atoms with Crippen molar-refractivity contribution in [1.82, 2.24) is 0 Å². The number of fused-ring (bicyclic) bond motifs is 3. The van der Waals surface area contributed by atoms with Crippen LogP contribution in [-0.2, 0) is 9.53 Å². The van der Waals surface area contributed by atoms with Gasteiger partial charge in [-0.05, 0) is 38.0 Å². The van der Waals surface area contributed by atoms with E-state index in [4.69, 9.17) is 4.74 Å². The summed E-state index contributed by atoms with van der Waals surface area (Å²) in [6, 6.07) is 0. The molecule has 0 amide bonds. The van der Waals surface area contributed by atoms with Crippen LogP contribution >= 0.6 is 0 Å². The Hall–Kier alpha value is -0.530. The summed E-state index contributed by atoms with van der Waals surface area (Å²) in [6.07, 6.45) is 6.19. The van der Waals surface area contributed by atoms with Gasteiger partial charge in [-0.25, -0.2) is 0 Å². The Labute approximate surface area is 79.7 Å². The molecule has 2 bridgehead atoms. The van der Waals surface area contributed by atoms with Crippen LogP contribution in [0.25, 0.3) is 0 Å². The number of hydrogen-bond donors (Lipinski definition) is 0. The van der Waals surface area contributed by atoms with Crippen LogP contribution in [0.4, 0.5) is 0 Å². The van der Waals surface area contributed by atoms with E-state index in [1.165, 1.54) is 32.8 Å². The van der Waals surface area contributed by atoms with Gasteiger partial charge in [-0.15, -0.1) is 0 Å². The van der Waals surface area contributed by atoms with Gasteiger partial charge in [0.05, 0.1) is 12.5 Å². The van der Waals surface area contributed by atoms with Crippen LogP contribution in [0.5, 0.6) is 0 Å². The van der Waals surface area contributed by atoms with Gasteiger partial charge < -0.3 is 4.74 Å². The fourth-order valence-electron chi connectivity index (χ4n) is 3.25. The molecule has 0 N–H and O–H groups in total. The lowest BCUT2D eigenvalue weighted by Crippen LogP contribution is -2.45. The predicted molar refractivity (Wildman–Crippen MR) is 50.2 cm³/mol. The van der Waals surface area contributed by atoms with E-state index >= 15 is 0 Å². The smallest absolute Gasteiger partial charge is 0.311 e. The highest BCUT2D eigenvalue weighted by molar-refractivity contribution is 5.77. The van der Waals surface area contributed by atoms with Gasteiger partial charge in [0.25, 0.3) is 0 Å². The summed E-state index contributed by atoms with van der Waals surface area (Å²) in [4.78, 5) is 11.7. The van der Waals surface area contributed by atoms with E-state index in [2.05, 4.69) is 6.92 Å². The molecule has 1 atom stereocenters. The van der Waals surface area contributed by atoms with E-state index < -0.39 is 0 Å². The highest BCUT2D eigenvalue weighted by Crippen LogP contribution is 2.52. The predicted octanol–water partition coefficient (Wildman–Crippen LogP) is 2.38. The minimum atomic E-state index is -0.157. The molecule has 13 heavy (non-hydrogen) atoms. The van der Waals surface area contributed by atoms with Crippen molar-refractivity contribution in [2.24, 2.45) is 17.3 Å². The Morgan fingerprint density at radius 2 is 1.92 bits per heavy atom. The van der Waals surface area contributed by atoms with Crippen LogP contribution in [0.3, 0.4) is 0 Å². The molecule has 0 unspecified atom stereocenters. The van der Waals surface area contributed by atoms with E-state index in [0.29, 0.717) is 5.92 Å². The first kappa shape index (κ1) is 9.04. The van der Waals surface area contributed by atoms with E-state index in [1.54, 1.807) is 0 Å². The van der Waals surface area contributed by atoms with Gasteiger partial charge in [-0.3, -0.25) is 4.79 Å². The highest BCUT2D eigenvalue weighted by Gasteiger charge is 2.49. The van der Waals surface area contributed by atoms with Crippen LogP contribution in [0.1, 0.15) is 39.0 Å². The summed E-state index contributed by atoms with van der Waals surface area (Å²) >= 11 is 0. The second kappa shape index (κ2) is 3.00. The van der Waals surface area contributed by atoms with Crippen molar-refractivity contribution in [1.29, 1.82) is 0 Å². The van der Waals surface area contributed by atoms with Crippen LogP contribution in [-0.4, -0.2) is 13.1 Å². The van der Waals surface area contributed by atoms with E-state index in [1.807, 2.05) is 0 Å². The number of carbonyl (C=O) groups excluding carboxylic acids is 1. The fraction of sp³-hybridized carbons (Fsp3) is 0.909. The zero-order valence-corrected chi connectivity index (χ0v) is 8.51. The number of esters is 1. The van der Waals surface area contributed by atoms with Crippen molar-refractivity contribution in [3.63, 3.8) is 0 Å². The van der Waals surface area contributed by atoms with E-state index in [9.17, 15) is 4.79 Å². The zero-order valence-electron chi connectivity index (χ0n) is 8.51. The largest absolute Gasteiger partial charge is 0.469 e. The molecule has 2 heteroatoms. The molecular formula is C11H18O2. The SMILES string of the molecule is COC(=O)[C@@]1(C)CC2CCC1CC2. The quantitative estimate of drug-likeness (QED) is 0.582. The first-order chi connectivity index (χ1) is 6.16. The van der Waals surface area contributed by atoms with Crippen molar-refractivity contribution in [2.45, 2.75) is 39.0 Å². The van der Waals surface area contributed by atoms with Crippen LogP contribution < -0.4 is 0 Å². The first-order valence-electron chi connectivity index (χ1n) is 5.25. The minimum absolute atomic E-state index is 0.0156. The van der Waals surface area contributed by atoms with Gasteiger partial charge in [-0.2, -0.15) is 0 Å².